The normalized spacial score (nSPS) is 12.2. The van der Waals surface area contributed by atoms with Crippen molar-refractivity contribution in [1.82, 2.24) is 10.3 Å². The zero-order valence-electron chi connectivity index (χ0n) is 11.5. The highest BCUT2D eigenvalue weighted by atomic mass is 35.5. The third-order valence-electron chi connectivity index (χ3n) is 2.57. The third kappa shape index (κ3) is 4.35. The molecule has 1 heterocycles. The minimum Gasteiger partial charge on any atom is -0.382 e. The Hall–Kier alpha value is -1.29. The smallest absolute Gasteiger partial charge is 0.198 e. The molecule has 2 rings (SSSR count). The van der Waals surface area contributed by atoms with Crippen LogP contribution in [0.3, 0.4) is 0 Å². The summed E-state index contributed by atoms with van der Waals surface area (Å²) in [5, 5.41) is 5.71. The summed E-state index contributed by atoms with van der Waals surface area (Å²) < 4.78 is 41.4. The molecule has 3 N–H and O–H groups in total. The van der Waals surface area contributed by atoms with E-state index in [2.05, 4.69) is 20.3 Å². The molecular formula is C12H13ClF2N4OS2. The second-order valence-corrected chi connectivity index (χ2v) is 6.70. The molecule has 1 aromatic carbocycles. The quantitative estimate of drug-likeness (QED) is 0.659. The van der Waals surface area contributed by atoms with Gasteiger partial charge in [0.2, 0.25) is 0 Å². The Balaban J connectivity index is 2.13. The standard InChI is InChI=1S/C12H13ClF2N4OS2/c1-16-2-3-17-9-5-8(14)10(4-7(9)13)22(20)19-12-18-6-11(15)21-12/h4-6,16-17H,2-3H2,1H3,(H,18,19). The highest BCUT2D eigenvalue weighted by molar-refractivity contribution is 7.86. The first-order chi connectivity index (χ1) is 10.5. The van der Waals surface area contributed by atoms with Crippen LogP contribution >= 0.6 is 22.9 Å². The summed E-state index contributed by atoms with van der Waals surface area (Å²) in [6.07, 6.45) is 0.988. The van der Waals surface area contributed by atoms with E-state index >= 15 is 0 Å². The van der Waals surface area contributed by atoms with Crippen molar-refractivity contribution in [1.29, 1.82) is 0 Å². The van der Waals surface area contributed by atoms with Gasteiger partial charge in [0.1, 0.15) is 5.82 Å². The van der Waals surface area contributed by atoms with E-state index in [1.165, 1.54) is 12.1 Å². The molecular weight excluding hydrogens is 354 g/mol. The summed E-state index contributed by atoms with van der Waals surface area (Å²) in [5.74, 6) is -0.681. The van der Waals surface area contributed by atoms with E-state index in [9.17, 15) is 13.0 Å². The lowest BCUT2D eigenvalue weighted by Gasteiger charge is -2.11. The third-order valence-corrected chi connectivity index (χ3v) is 4.80. The van der Waals surface area contributed by atoms with Gasteiger partial charge < -0.3 is 10.6 Å². The summed E-state index contributed by atoms with van der Waals surface area (Å²) in [7, 11) is -0.132. The monoisotopic (exact) mass is 366 g/mol. The van der Waals surface area contributed by atoms with Crippen LogP contribution in [0.5, 0.6) is 0 Å². The van der Waals surface area contributed by atoms with Crippen LogP contribution in [0.4, 0.5) is 19.6 Å². The molecule has 0 spiro atoms. The molecule has 10 heteroatoms. The van der Waals surface area contributed by atoms with Gasteiger partial charge in [-0.15, -0.1) is 0 Å². The first-order valence-corrected chi connectivity index (χ1v) is 8.53. The van der Waals surface area contributed by atoms with Gasteiger partial charge >= 0.3 is 0 Å². The highest BCUT2D eigenvalue weighted by Gasteiger charge is 2.15. The molecule has 0 saturated heterocycles. The Morgan fingerprint density at radius 2 is 2.14 bits per heavy atom. The van der Waals surface area contributed by atoms with Crippen molar-refractivity contribution < 1.29 is 13.0 Å². The van der Waals surface area contributed by atoms with Crippen molar-refractivity contribution in [2.45, 2.75) is 4.90 Å². The van der Waals surface area contributed by atoms with Crippen molar-refractivity contribution in [2.24, 2.45) is 0 Å². The van der Waals surface area contributed by atoms with Crippen molar-refractivity contribution in [3.63, 3.8) is 0 Å². The SMILES string of the molecule is CNCCNc1cc(F)c(S(=O)Nc2ncc(F)s2)cc1Cl. The van der Waals surface area contributed by atoms with Gasteiger partial charge in [0, 0.05) is 13.1 Å². The van der Waals surface area contributed by atoms with Crippen molar-refractivity contribution in [3.8, 4) is 0 Å². The molecule has 1 unspecified atom stereocenters. The Bertz CT molecular complexity index is 683. The maximum Gasteiger partial charge on any atom is 0.198 e. The van der Waals surface area contributed by atoms with Crippen molar-refractivity contribution >= 4 is 44.7 Å². The number of hydrogen-bond donors (Lipinski definition) is 3. The molecule has 5 nitrogen and oxygen atoms in total. The van der Waals surface area contributed by atoms with Gasteiger partial charge in [-0.25, -0.2) is 13.6 Å². The lowest BCUT2D eigenvalue weighted by molar-refractivity contribution is 0.596. The van der Waals surface area contributed by atoms with Crippen LogP contribution in [0.1, 0.15) is 0 Å². The van der Waals surface area contributed by atoms with Gasteiger partial charge in [0.05, 0.1) is 21.8 Å². The first-order valence-electron chi connectivity index (χ1n) is 6.18. The molecule has 0 aliphatic rings. The molecule has 1 atom stereocenters. The number of aromatic nitrogens is 1. The molecule has 0 aliphatic carbocycles. The number of anilines is 2. The fourth-order valence-corrected chi connectivity index (χ4v) is 3.43. The predicted molar refractivity (Wildman–Crippen MR) is 85.9 cm³/mol. The maximum absolute atomic E-state index is 14.1. The number of nitrogens with one attached hydrogen (secondary N) is 3. The van der Waals surface area contributed by atoms with Crippen LogP contribution in [0, 0.1) is 10.9 Å². The van der Waals surface area contributed by atoms with E-state index in [4.69, 9.17) is 11.6 Å². The fourth-order valence-electron chi connectivity index (χ4n) is 1.56. The topological polar surface area (TPSA) is 66.0 Å². The molecule has 2 aromatic rings. The summed E-state index contributed by atoms with van der Waals surface area (Å²) in [5.41, 5.74) is 0.412. The Morgan fingerprint density at radius 1 is 1.36 bits per heavy atom. The zero-order chi connectivity index (χ0) is 16.1. The lowest BCUT2D eigenvalue weighted by atomic mass is 10.3. The largest absolute Gasteiger partial charge is 0.382 e. The minimum atomic E-state index is -1.93. The van der Waals surface area contributed by atoms with Crippen molar-refractivity contribution in [3.05, 3.63) is 34.3 Å². The summed E-state index contributed by atoms with van der Waals surface area (Å²) >= 11 is 6.73. The molecule has 0 aliphatic heterocycles. The van der Waals surface area contributed by atoms with Gasteiger partial charge in [0.15, 0.2) is 21.2 Å². The number of benzene rings is 1. The predicted octanol–water partition coefficient (Wildman–Crippen LogP) is 2.84. The van der Waals surface area contributed by atoms with E-state index in [-0.39, 0.29) is 15.0 Å². The number of rotatable bonds is 7. The Morgan fingerprint density at radius 3 is 2.77 bits per heavy atom. The van der Waals surface area contributed by atoms with E-state index < -0.39 is 21.9 Å². The number of halogens is 3. The van der Waals surface area contributed by atoms with Gasteiger partial charge in [-0.05, 0) is 19.2 Å². The summed E-state index contributed by atoms with van der Waals surface area (Å²) in [6.45, 7) is 1.25. The molecule has 0 fully saturated rings. The number of thiazole rings is 1. The van der Waals surface area contributed by atoms with Crippen LogP contribution in [0.2, 0.25) is 5.02 Å². The zero-order valence-corrected chi connectivity index (χ0v) is 13.8. The van der Waals surface area contributed by atoms with E-state index in [1.807, 2.05) is 0 Å². The average Bonchev–Trinajstić information content (AvgIpc) is 2.87. The van der Waals surface area contributed by atoms with Crippen LogP contribution in [0.15, 0.2) is 23.2 Å². The van der Waals surface area contributed by atoms with E-state index in [1.54, 1.807) is 7.05 Å². The molecule has 22 heavy (non-hydrogen) atoms. The van der Waals surface area contributed by atoms with E-state index in [0.717, 1.165) is 6.20 Å². The average molecular weight is 367 g/mol. The number of likely N-dealkylation sites (N-methyl/N-ethyl adjacent to an activating group) is 1. The Kier molecular flexibility index (Phi) is 6.07. The lowest BCUT2D eigenvalue weighted by Crippen LogP contribution is -2.18. The van der Waals surface area contributed by atoms with Crippen LogP contribution in [-0.4, -0.2) is 29.3 Å². The van der Waals surface area contributed by atoms with E-state index in [0.29, 0.717) is 30.1 Å². The van der Waals surface area contributed by atoms with Crippen LogP contribution < -0.4 is 15.4 Å². The second-order valence-electron chi connectivity index (χ2n) is 4.13. The van der Waals surface area contributed by atoms with Gasteiger partial charge in [-0.2, -0.15) is 4.39 Å². The van der Waals surface area contributed by atoms with Crippen LogP contribution in [0.25, 0.3) is 0 Å². The van der Waals surface area contributed by atoms with Gasteiger partial charge in [-0.3, -0.25) is 4.72 Å². The van der Waals surface area contributed by atoms with Crippen molar-refractivity contribution in [2.75, 3.05) is 30.2 Å². The highest BCUT2D eigenvalue weighted by Crippen LogP contribution is 2.28. The fraction of sp³-hybridized carbons (Fsp3) is 0.250. The first kappa shape index (κ1) is 17.1. The van der Waals surface area contributed by atoms with Gasteiger partial charge in [-0.1, -0.05) is 22.9 Å². The van der Waals surface area contributed by atoms with Gasteiger partial charge in [0.25, 0.3) is 0 Å². The number of nitrogens with zero attached hydrogens (tertiary/aromatic N) is 1. The molecule has 120 valence electrons. The van der Waals surface area contributed by atoms with Crippen LogP contribution in [-0.2, 0) is 11.0 Å². The molecule has 0 bridgehead atoms. The number of hydrogen-bond acceptors (Lipinski definition) is 5. The Labute approximate surface area is 137 Å². The molecule has 0 amide bonds. The molecule has 0 radical (unpaired) electrons. The maximum atomic E-state index is 14.1. The summed E-state index contributed by atoms with van der Waals surface area (Å²) in [6, 6.07) is 2.45. The molecule has 1 aromatic heterocycles. The second kappa shape index (κ2) is 7.82. The summed E-state index contributed by atoms with van der Waals surface area (Å²) in [4.78, 5) is 3.54. The molecule has 0 saturated carbocycles. The minimum absolute atomic E-state index is 0.0996.